The van der Waals surface area contributed by atoms with E-state index in [1.165, 1.54) is 11.1 Å². The Balaban J connectivity index is 2.04. The summed E-state index contributed by atoms with van der Waals surface area (Å²) in [5.41, 5.74) is 5.32. The van der Waals surface area contributed by atoms with Crippen LogP contribution < -0.4 is 0 Å². The van der Waals surface area contributed by atoms with Gasteiger partial charge in [-0.2, -0.15) is 0 Å². The lowest BCUT2D eigenvalue weighted by molar-refractivity contribution is 0.101. The van der Waals surface area contributed by atoms with Gasteiger partial charge in [-0.3, -0.25) is 4.79 Å². The Hall–Kier alpha value is -2.67. The number of rotatable bonds is 3. The Morgan fingerprint density at radius 1 is 0.619 bits per heavy atom. The Morgan fingerprint density at radius 2 is 1.14 bits per heavy atom. The molecule has 0 spiro atoms. The summed E-state index contributed by atoms with van der Waals surface area (Å²) in [6.07, 6.45) is 0. The van der Waals surface area contributed by atoms with E-state index in [0.717, 1.165) is 16.7 Å². The van der Waals surface area contributed by atoms with Crippen molar-refractivity contribution >= 4 is 5.78 Å². The van der Waals surface area contributed by atoms with Crippen LogP contribution in [0.1, 0.15) is 17.3 Å². The second kappa shape index (κ2) is 5.76. The molecule has 0 radical (unpaired) electrons. The average Bonchev–Trinajstić information content (AvgIpc) is 2.56. The van der Waals surface area contributed by atoms with E-state index in [4.69, 9.17) is 0 Å². The van der Waals surface area contributed by atoms with Crippen LogP contribution in [0.3, 0.4) is 0 Å². The second-order valence-electron chi connectivity index (χ2n) is 5.08. The molecular formula is C20H16O. The molecule has 0 heterocycles. The van der Waals surface area contributed by atoms with Crippen molar-refractivity contribution < 1.29 is 4.79 Å². The van der Waals surface area contributed by atoms with Crippen molar-refractivity contribution in [3.05, 3.63) is 84.4 Å². The molecule has 0 bridgehead atoms. The summed E-state index contributed by atoms with van der Waals surface area (Å²) in [6, 6.07) is 26.5. The highest BCUT2D eigenvalue weighted by Crippen LogP contribution is 2.26. The molecule has 3 aromatic carbocycles. The van der Waals surface area contributed by atoms with Gasteiger partial charge in [-0.15, -0.1) is 0 Å². The molecule has 0 amide bonds. The zero-order valence-corrected chi connectivity index (χ0v) is 11.9. The van der Waals surface area contributed by atoms with Gasteiger partial charge in [0.1, 0.15) is 0 Å². The SMILES string of the molecule is CC(=O)c1cccc(-c2cccc(-c3ccccc3)c2)c1. The Labute approximate surface area is 124 Å². The number of ketones is 1. The standard InChI is InChI=1S/C20H16O/c1-15(21)17-9-5-11-19(13-17)20-12-6-10-18(14-20)16-7-3-2-4-8-16/h2-14H,1H3. The van der Waals surface area contributed by atoms with Crippen LogP contribution in [-0.2, 0) is 0 Å². The van der Waals surface area contributed by atoms with Crippen LogP contribution >= 0.6 is 0 Å². The topological polar surface area (TPSA) is 17.1 Å². The van der Waals surface area contributed by atoms with Gasteiger partial charge in [-0.05, 0) is 41.3 Å². The van der Waals surface area contributed by atoms with E-state index in [2.05, 4.69) is 36.4 Å². The molecule has 0 saturated carbocycles. The minimum absolute atomic E-state index is 0.0936. The Kier molecular flexibility index (Phi) is 3.65. The highest BCUT2D eigenvalue weighted by Gasteiger charge is 2.04. The summed E-state index contributed by atoms with van der Waals surface area (Å²) in [5, 5.41) is 0. The van der Waals surface area contributed by atoms with Crippen molar-refractivity contribution in [2.75, 3.05) is 0 Å². The van der Waals surface area contributed by atoms with Crippen LogP contribution in [0.4, 0.5) is 0 Å². The zero-order valence-electron chi connectivity index (χ0n) is 11.9. The van der Waals surface area contributed by atoms with Crippen molar-refractivity contribution in [3.63, 3.8) is 0 Å². The number of benzene rings is 3. The zero-order chi connectivity index (χ0) is 14.7. The van der Waals surface area contributed by atoms with Gasteiger partial charge in [0.15, 0.2) is 5.78 Å². The van der Waals surface area contributed by atoms with Gasteiger partial charge in [-0.1, -0.05) is 66.7 Å². The molecule has 0 aromatic heterocycles. The normalized spacial score (nSPS) is 10.3. The van der Waals surface area contributed by atoms with Crippen molar-refractivity contribution in [2.24, 2.45) is 0 Å². The molecule has 0 fully saturated rings. The van der Waals surface area contributed by atoms with Crippen molar-refractivity contribution in [3.8, 4) is 22.3 Å². The largest absolute Gasteiger partial charge is 0.295 e. The monoisotopic (exact) mass is 272 g/mol. The summed E-state index contributed by atoms with van der Waals surface area (Å²) in [4.78, 5) is 11.5. The number of hydrogen-bond acceptors (Lipinski definition) is 1. The van der Waals surface area contributed by atoms with Gasteiger partial charge < -0.3 is 0 Å². The number of Topliss-reactive ketones (excluding diaryl/α,β-unsaturated/α-hetero) is 1. The van der Waals surface area contributed by atoms with Crippen LogP contribution in [0.15, 0.2) is 78.9 Å². The molecule has 0 aliphatic rings. The molecule has 0 atom stereocenters. The Morgan fingerprint density at radius 3 is 1.81 bits per heavy atom. The fraction of sp³-hybridized carbons (Fsp3) is 0.0500. The van der Waals surface area contributed by atoms with Crippen LogP contribution in [0.25, 0.3) is 22.3 Å². The minimum Gasteiger partial charge on any atom is -0.295 e. The predicted molar refractivity (Wildman–Crippen MR) is 87.3 cm³/mol. The molecule has 0 aliphatic heterocycles. The van der Waals surface area contributed by atoms with E-state index in [-0.39, 0.29) is 5.78 Å². The summed E-state index contributed by atoms with van der Waals surface area (Å²) in [7, 11) is 0. The maximum atomic E-state index is 11.5. The highest BCUT2D eigenvalue weighted by molar-refractivity contribution is 5.95. The van der Waals surface area contributed by atoms with Gasteiger partial charge in [0.25, 0.3) is 0 Å². The van der Waals surface area contributed by atoms with E-state index in [0.29, 0.717) is 0 Å². The molecule has 3 aromatic rings. The summed E-state index contributed by atoms with van der Waals surface area (Å²) in [5.74, 6) is 0.0936. The van der Waals surface area contributed by atoms with E-state index in [1.807, 2.05) is 42.5 Å². The van der Waals surface area contributed by atoms with Gasteiger partial charge in [-0.25, -0.2) is 0 Å². The maximum Gasteiger partial charge on any atom is 0.159 e. The average molecular weight is 272 g/mol. The van der Waals surface area contributed by atoms with Crippen LogP contribution in [0, 0.1) is 0 Å². The highest BCUT2D eigenvalue weighted by atomic mass is 16.1. The third-order valence-corrected chi connectivity index (χ3v) is 3.57. The molecule has 0 unspecified atom stereocenters. The fourth-order valence-electron chi connectivity index (χ4n) is 2.43. The first-order valence-corrected chi connectivity index (χ1v) is 7.01. The number of carbonyl (C=O) groups excluding carboxylic acids is 1. The first-order valence-electron chi connectivity index (χ1n) is 7.01. The summed E-state index contributed by atoms with van der Waals surface area (Å²) >= 11 is 0. The third kappa shape index (κ3) is 2.92. The molecule has 0 N–H and O–H groups in total. The lowest BCUT2D eigenvalue weighted by atomic mass is 9.97. The van der Waals surface area contributed by atoms with Gasteiger partial charge in [0, 0.05) is 5.56 Å². The van der Waals surface area contributed by atoms with Crippen LogP contribution in [0.2, 0.25) is 0 Å². The van der Waals surface area contributed by atoms with E-state index in [1.54, 1.807) is 6.92 Å². The molecular weight excluding hydrogens is 256 g/mol. The molecule has 0 aliphatic carbocycles. The predicted octanol–water partition coefficient (Wildman–Crippen LogP) is 5.22. The van der Waals surface area contributed by atoms with Gasteiger partial charge >= 0.3 is 0 Å². The Bertz CT molecular complexity index is 773. The van der Waals surface area contributed by atoms with Crippen LogP contribution in [-0.4, -0.2) is 5.78 Å². The lowest BCUT2D eigenvalue weighted by Gasteiger charge is -2.07. The molecule has 0 saturated heterocycles. The summed E-state index contributed by atoms with van der Waals surface area (Å²) in [6.45, 7) is 1.60. The minimum atomic E-state index is 0.0936. The molecule has 1 nitrogen and oxygen atoms in total. The smallest absolute Gasteiger partial charge is 0.159 e. The first kappa shape index (κ1) is 13.3. The molecule has 102 valence electrons. The van der Waals surface area contributed by atoms with Crippen molar-refractivity contribution in [1.29, 1.82) is 0 Å². The van der Waals surface area contributed by atoms with Gasteiger partial charge in [0.2, 0.25) is 0 Å². The van der Waals surface area contributed by atoms with E-state index >= 15 is 0 Å². The van der Waals surface area contributed by atoms with E-state index < -0.39 is 0 Å². The van der Waals surface area contributed by atoms with Crippen molar-refractivity contribution in [2.45, 2.75) is 6.92 Å². The van der Waals surface area contributed by atoms with E-state index in [9.17, 15) is 4.79 Å². The molecule has 1 heteroatoms. The van der Waals surface area contributed by atoms with Crippen molar-refractivity contribution in [1.82, 2.24) is 0 Å². The second-order valence-corrected chi connectivity index (χ2v) is 5.08. The molecule has 21 heavy (non-hydrogen) atoms. The molecule has 3 rings (SSSR count). The summed E-state index contributed by atoms with van der Waals surface area (Å²) < 4.78 is 0. The number of carbonyl (C=O) groups is 1. The quantitative estimate of drug-likeness (QED) is 0.597. The van der Waals surface area contributed by atoms with Crippen LogP contribution in [0.5, 0.6) is 0 Å². The third-order valence-electron chi connectivity index (χ3n) is 3.57. The lowest BCUT2D eigenvalue weighted by Crippen LogP contribution is -1.91. The maximum absolute atomic E-state index is 11.5. The van der Waals surface area contributed by atoms with Gasteiger partial charge in [0.05, 0.1) is 0 Å². The fourth-order valence-corrected chi connectivity index (χ4v) is 2.43. The first-order chi connectivity index (χ1) is 10.2. The number of hydrogen-bond donors (Lipinski definition) is 0.